The zero-order valence-electron chi connectivity index (χ0n) is 25.8. The highest BCUT2D eigenvalue weighted by Crippen LogP contribution is 2.46. The molecular formula is C37H38F3N3O3. The van der Waals surface area contributed by atoms with Crippen LogP contribution in [-0.4, -0.2) is 47.6 Å². The lowest BCUT2D eigenvalue weighted by Crippen LogP contribution is -2.50. The largest absolute Gasteiger partial charge is 0.416 e. The third kappa shape index (κ3) is 7.84. The molecule has 1 aliphatic rings. The van der Waals surface area contributed by atoms with Gasteiger partial charge in [-0.3, -0.25) is 9.59 Å². The molecule has 2 amide bonds. The van der Waals surface area contributed by atoms with Crippen molar-refractivity contribution in [2.24, 2.45) is 0 Å². The van der Waals surface area contributed by atoms with E-state index in [1.54, 1.807) is 42.3 Å². The smallest absolute Gasteiger partial charge is 0.390 e. The maximum Gasteiger partial charge on any atom is 0.416 e. The molecule has 0 radical (unpaired) electrons. The Morgan fingerprint density at radius 1 is 0.870 bits per heavy atom. The van der Waals surface area contributed by atoms with E-state index < -0.39 is 35.3 Å². The second-order valence-electron chi connectivity index (χ2n) is 12.0. The number of amides is 2. The molecular weight excluding hydrogens is 591 g/mol. The van der Waals surface area contributed by atoms with Crippen molar-refractivity contribution in [1.29, 1.82) is 0 Å². The van der Waals surface area contributed by atoms with Crippen LogP contribution in [-0.2, 0) is 18.1 Å². The minimum absolute atomic E-state index is 0.0503. The number of nitrogens with one attached hydrogen (secondary N) is 2. The fourth-order valence-electron chi connectivity index (χ4n) is 5.66. The van der Waals surface area contributed by atoms with E-state index in [1.165, 1.54) is 6.07 Å². The Labute approximate surface area is 267 Å². The third-order valence-corrected chi connectivity index (χ3v) is 8.78. The van der Waals surface area contributed by atoms with Crippen LogP contribution in [0, 0.1) is 0 Å². The molecule has 5 rings (SSSR count). The molecule has 4 aromatic rings. The Kier molecular flexibility index (Phi) is 9.94. The lowest BCUT2D eigenvalue weighted by atomic mass is 9.98. The van der Waals surface area contributed by atoms with Crippen molar-refractivity contribution in [1.82, 2.24) is 15.5 Å². The van der Waals surface area contributed by atoms with Crippen LogP contribution in [0.3, 0.4) is 0 Å². The molecule has 0 saturated heterocycles. The van der Waals surface area contributed by atoms with Gasteiger partial charge in [-0.1, -0.05) is 78.9 Å². The van der Waals surface area contributed by atoms with Crippen LogP contribution in [0.15, 0.2) is 109 Å². The van der Waals surface area contributed by atoms with Crippen molar-refractivity contribution in [3.63, 3.8) is 0 Å². The third-order valence-electron chi connectivity index (χ3n) is 8.78. The van der Waals surface area contributed by atoms with Crippen LogP contribution < -0.4 is 10.6 Å². The maximum atomic E-state index is 13.5. The molecule has 0 bridgehead atoms. The first-order chi connectivity index (χ1) is 22.0. The van der Waals surface area contributed by atoms with Crippen LogP contribution in [0.4, 0.5) is 13.2 Å². The maximum absolute atomic E-state index is 13.5. The second kappa shape index (κ2) is 13.9. The number of hydrogen-bond acceptors (Lipinski definition) is 4. The molecule has 3 N–H and O–H groups in total. The predicted octanol–water partition coefficient (Wildman–Crippen LogP) is 6.52. The van der Waals surface area contributed by atoms with Crippen molar-refractivity contribution < 1.29 is 27.9 Å². The Morgan fingerprint density at radius 2 is 1.50 bits per heavy atom. The van der Waals surface area contributed by atoms with Gasteiger partial charge >= 0.3 is 6.18 Å². The van der Waals surface area contributed by atoms with Crippen molar-refractivity contribution in [3.8, 4) is 0 Å². The Balaban J connectivity index is 1.30. The zero-order chi connectivity index (χ0) is 32.9. The first-order valence-electron chi connectivity index (χ1n) is 15.3. The number of rotatable bonds is 12. The number of benzene rings is 4. The number of halogens is 3. The van der Waals surface area contributed by atoms with Crippen LogP contribution in [0.2, 0.25) is 0 Å². The summed E-state index contributed by atoms with van der Waals surface area (Å²) in [5.74, 6) is -0.687. The van der Waals surface area contributed by atoms with Gasteiger partial charge in [0.2, 0.25) is 0 Å². The highest BCUT2D eigenvalue weighted by atomic mass is 19.4. The van der Waals surface area contributed by atoms with Gasteiger partial charge < -0.3 is 20.6 Å². The molecule has 1 fully saturated rings. The Hall–Kier alpha value is -4.47. The Bertz CT molecular complexity index is 1640. The van der Waals surface area contributed by atoms with Crippen LogP contribution in [0.5, 0.6) is 0 Å². The van der Waals surface area contributed by atoms with E-state index in [0.717, 1.165) is 23.3 Å². The van der Waals surface area contributed by atoms with Crippen LogP contribution in [0.25, 0.3) is 0 Å². The van der Waals surface area contributed by atoms with E-state index >= 15 is 0 Å². The molecule has 0 unspecified atom stereocenters. The normalized spacial score (nSPS) is 15.8. The lowest BCUT2D eigenvalue weighted by molar-refractivity contribution is -0.137. The molecule has 4 aromatic carbocycles. The summed E-state index contributed by atoms with van der Waals surface area (Å²) in [5, 5.41) is 17.6. The number of aliphatic hydroxyl groups is 1. The van der Waals surface area contributed by atoms with Crippen molar-refractivity contribution >= 4 is 11.8 Å². The first kappa shape index (κ1) is 32.9. The van der Waals surface area contributed by atoms with Crippen LogP contribution >= 0.6 is 0 Å². The molecule has 6 nitrogen and oxygen atoms in total. The van der Waals surface area contributed by atoms with Gasteiger partial charge in [0, 0.05) is 30.3 Å². The highest BCUT2D eigenvalue weighted by Gasteiger charge is 2.45. The van der Waals surface area contributed by atoms with Crippen molar-refractivity contribution in [2.75, 3.05) is 13.6 Å². The summed E-state index contributed by atoms with van der Waals surface area (Å²) in [6.07, 6.45) is -3.92. The zero-order valence-corrected chi connectivity index (χ0v) is 25.8. The molecule has 0 aliphatic heterocycles. The van der Waals surface area contributed by atoms with E-state index in [4.69, 9.17) is 0 Å². The van der Waals surface area contributed by atoms with Gasteiger partial charge in [-0.25, -0.2) is 0 Å². The molecule has 0 spiro atoms. The number of carbonyl (C=O) groups excluding carboxylic acids is 2. The number of hydrogen-bond donors (Lipinski definition) is 3. The van der Waals surface area contributed by atoms with Gasteiger partial charge in [-0.2, -0.15) is 13.2 Å². The molecule has 9 heteroatoms. The van der Waals surface area contributed by atoms with Gasteiger partial charge in [-0.15, -0.1) is 0 Å². The second-order valence-corrected chi connectivity index (χ2v) is 12.0. The van der Waals surface area contributed by atoms with Crippen LogP contribution in [0.1, 0.15) is 68.8 Å². The van der Waals surface area contributed by atoms with Gasteiger partial charge in [-0.05, 0) is 73.2 Å². The lowest BCUT2D eigenvalue weighted by Gasteiger charge is -2.28. The fraction of sp³-hybridized carbons (Fsp3) is 0.297. The monoisotopic (exact) mass is 629 g/mol. The molecule has 3 atom stereocenters. The summed E-state index contributed by atoms with van der Waals surface area (Å²) in [6, 6.07) is 29.9. The average molecular weight is 630 g/mol. The van der Waals surface area contributed by atoms with Gasteiger partial charge in [0.15, 0.2) is 0 Å². The van der Waals surface area contributed by atoms with Crippen molar-refractivity contribution in [2.45, 2.75) is 56.1 Å². The number of nitrogens with zero attached hydrogens (tertiary/aromatic N) is 1. The predicted molar refractivity (Wildman–Crippen MR) is 171 cm³/mol. The van der Waals surface area contributed by atoms with E-state index in [-0.39, 0.29) is 24.1 Å². The topological polar surface area (TPSA) is 81.7 Å². The molecule has 240 valence electrons. The quantitative estimate of drug-likeness (QED) is 0.167. The molecule has 1 aliphatic carbocycles. The number of alkyl halides is 3. The van der Waals surface area contributed by atoms with Gasteiger partial charge in [0.1, 0.15) is 0 Å². The van der Waals surface area contributed by atoms with Crippen molar-refractivity contribution in [3.05, 3.63) is 143 Å². The summed E-state index contributed by atoms with van der Waals surface area (Å²) in [7, 11) is 1.72. The number of aliphatic hydroxyl groups excluding tert-OH is 1. The van der Waals surface area contributed by atoms with Gasteiger partial charge in [0.25, 0.3) is 11.8 Å². The van der Waals surface area contributed by atoms with E-state index in [0.29, 0.717) is 30.4 Å². The van der Waals surface area contributed by atoms with E-state index in [9.17, 15) is 27.9 Å². The average Bonchev–Trinajstić information content (AvgIpc) is 3.87. The van der Waals surface area contributed by atoms with Gasteiger partial charge in [0.05, 0.1) is 23.8 Å². The summed E-state index contributed by atoms with van der Waals surface area (Å²) in [6.45, 7) is 1.99. The fourth-order valence-corrected chi connectivity index (χ4v) is 5.66. The summed E-state index contributed by atoms with van der Waals surface area (Å²) in [4.78, 5) is 28.5. The molecule has 46 heavy (non-hydrogen) atoms. The minimum atomic E-state index is -4.45. The number of carbonyl (C=O) groups is 2. The summed E-state index contributed by atoms with van der Waals surface area (Å²) < 4.78 is 40.1. The standard InChI is InChI=1S/C37H38F3N3O3/c1-25(27-13-7-4-8-14-27)43(2)35(46)29-16-9-15-28(22-29)34(45)42-32(21-26-11-5-3-6-12-26)33(44)24-41-36(19-20-36)30-17-10-18-31(23-30)37(38,39)40/h3-18,22-23,25,32-33,41,44H,19-21,24H2,1-2H3,(H,42,45)/t25-,32+,33-/m1/s1. The SMILES string of the molecule is C[C@H](c1ccccc1)N(C)C(=O)c1cccc(C(=O)N[C@@H](Cc2ccccc2)[C@H](O)CNC2(c3cccc(C(F)(F)F)c3)CC2)c1. The van der Waals surface area contributed by atoms with E-state index in [1.807, 2.05) is 67.6 Å². The molecule has 0 aromatic heterocycles. The Morgan fingerprint density at radius 3 is 2.15 bits per heavy atom. The molecule has 0 heterocycles. The highest BCUT2D eigenvalue weighted by molar-refractivity contribution is 5.99. The van der Waals surface area contributed by atoms with E-state index in [2.05, 4.69) is 10.6 Å². The summed E-state index contributed by atoms with van der Waals surface area (Å²) >= 11 is 0. The first-order valence-corrected chi connectivity index (χ1v) is 15.3. The molecule has 1 saturated carbocycles. The summed E-state index contributed by atoms with van der Waals surface area (Å²) in [5.41, 5.74) is 1.65. The minimum Gasteiger partial charge on any atom is -0.390 e.